The summed E-state index contributed by atoms with van der Waals surface area (Å²) in [5.41, 5.74) is 11.7. The molecule has 1 aromatic rings. The summed E-state index contributed by atoms with van der Waals surface area (Å²) >= 11 is 0. The Morgan fingerprint density at radius 3 is 2.17 bits per heavy atom. The number of primary amides is 1. The maximum Gasteiger partial charge on any atom is 0.326 e. The van der Waals surface area contributed by atoms with Gasteiger partial charge in [0.05, 0.1) is 18.8 Å². The van der Waals surface area contributed by atoms with Gasteiger partial charge in [-0.3, -0.25) is 24.0 Å². The first-order valence-corrected chi connectivity index (χ1v) is 11.2. The second kappa shape index (κ2) is 14.4. The van der Waals surface area contributed by atoms with E-state index in [2.05, 4.69) is 25.9 Å². The number of nitrogens with one attached hydrogen (secondary N) is 4. The number of aliphatic carboxylic acids is 2. The number of carbonyl (C=O) groups is 6. The molecule has 0 saturated carbocycles. The summed E-state index contributed by atoms with van der Waals surface area (Å²) in [4.78, 5) is 78.7. The molecular weight excluding hydrogens is 478 g/mol. The van der Waals surface area contributed by atoms with Gasteiger partial charge in [0, 0.05) is 24.7 Å². The highest BCUT2D eigenvalue weighted by Crippen LogP contribution is 2.10. The lowest BCUT2D eigenvalue weighted by Crippen LogP contribution is -2.59. The van der Waals surface area contributed by atoms with E-state index in [1.165, 1.54) is 12.5 Å². The Bertz CT molecular complexity index is 937. The van der Waals surface area contributed by atoms with E-state index in [4.69, 9.17) is 16.6 Å². The highest BCUT2D eigenvalue weighted by molar-refractivity contribution is 5.96. The molecule has 0 saturated heterocycles. The summed E-state index contributed by atoms with van der Waals surface area (Å²) in [5.74, 6) is -6.64. The Kier molecular flexibility index (Phi) is 12.0. The van der Waals surface area contributed by atoms with Gasteiger partial charge >= 0.3 is 11.9 Å². The maximum absolute atomic E-state index is 13.0. The Labute approximate surface area is 206 Å². The van der Waals surface area contributed by atoms with Gasteiger partial charge < -0.3 is 42.6 Å². The summed E-state index contributed by atoms with van der Waals surface area (Å²) in [7, 11) is 0. The summed E-state index contributed by atoms with van der Waals surface area (Å²) in [6.07, 6.45) is 1.88. The normalized spacial score (nSPS) is 15.0. The first-order valence-electron chi connectivity index (χ1n) is 11.2. The van der Waals surface area contributed by atoms with Crippen molar-refractivity contribution in [1.29, 1.82) is 0 Å². The average molecular weight is 512 g/mol. The van der Waals surface area contributed by atoms with E-state index >= 15 is 0 Å². The van der Waals surface area contributed by atoms with E-state index in [0.717, 1.165) is 0 Å². The van der Waals surface area contributed by atoms with Gasteiger partial charge in [-0.25, -0.2) is 9.78 Å². The Balaban J connectivity index is 2.97. The molecule has 0 aromatic carbocycles. The average Bonchev–Trinajstić information content (AvgIpc) is 3.31. The number of aromatic amines is 1. The molecule has 0 aliphatic carbocycles. The molecule has 200 valence electrons. The lowest BCUT2D eigenvalue weighted by atomic mass is 9.97. The summed E-state index contributed by atoms with van der Waals surface area (Å²) in [6.45, 7) is 3.45. The van der Waals surface area contributed by atoms with Crippen LogP contribution in [0.3, 0.4) is 0 Å². The molecule has 4 amide bonds. The second-order valence-corrected chi connectivity index (χ2v) is 8.32. The van der Waals surface area contributed by atoms with Crippen LogP contribution in [-0.2, 0) is 35.2 Å². The van der Waals surface area contributed by atoms with E-state index < -0.39 is 84.9 Å². The number of aromatic nitrogens is 2. The predicted molar refractivity (Wildman–Crippen MR) is 124 cm³/mol. The standard InChI is InChI=1S/C21H33N7O8/c1-3-10(2)17(28-18(32)12(22)6-11-8-24-9-25-11)20(34)27-14(7-15(23)29)19(33)26-13(21(35)36)4-5-16(30)31/h8-10,12-14,17H,3-7,22H2,1-2H3,(H2,23,29)(H,24,25)(H,26,33)(H,27,34)(H,28,32)(H,30,31)(H,35,36). The molecular formula is C21H33N7O8. The van der Waals surface area contributed by atoms with Crippen LogP contribution < -0.4 is 27.4 Å². The molecule has 0 fully saturated rings. The van der Waals surface area contributed by atoms with Crippen molar-refractivity contribution in [2.45, 2.75) is 70.1 Å². The Morgan fingerprint density at radius 1 is 1.03 bits per heavy atom. The van der Waals surface area contributed by atoms with Crippen LogP contribution in [0.1, 0.15) is 45.2 Å². The zero-order valence-corrected chi connectivity index (χ0v) is 20.0. The molecule has 5 unspecified atom stereocenters. The quantitative estimate of drug-likeness (QED) is 0.117. The third-order valence-electron chi connectivity index (χ3n) is 5.42. The fourth-order valence-electron chi connectivity index (χ4n) is 3.16. The summed E-state index contributed by atoms with van der Waals surface area (Å²) < 4.78 is 0. The van der Waals surface area contributed by atoms with Crippen LogP contribution >= 0.6 is 0 Å². The molecule has 0 spiro atoms. The molecule has 1 aromatic heterocycles. The van der Waals surface area contributed by atoms with Crippen LogP contribution in [0.15, 0.2) is 12.5 Å². The Hall–Kier alpha value is -4.01. The smallest absolute Gasteiger partial charge is 0.326 e. The van der Waals surface area contributed by atoms with Gasteiger partial charge in [0.2, 0.25) is 23.6 Å². The summed E-state index contributed by atoms with van der Waals surface area (Å²) in [5, 5.41) is 25.0. The van der Waals surface area contributed by atoms with Crippen LogP contribution in [0.25, 0.3) is 0 Å². The lowest BCUT2D eigenvalue weighted by Gasteiger charge is -2.27. The van der Waals surface area contributed by atoms with Crippen molar-refractivity contribution >= 4 is 35.6 Å². The number of carboxylic acid groups (broad SMARTS) is 2. The van der Waals surface area contributed by atoms with Gasteiger partial charge in [-0.2, -0.15) is 0 Å². The van der Waals surface area contributed by atoms with Crippen molar-refractivity contribution < 1.29 is 39.0 Å². The van der Waals surface area contributed by atoms with E-state index in [0.29, 0.717) is 12.1 Å². The third-order valence-corrected chi connectivity index (χ3v) is 5.42. The van der Waals surface area contributed by atoms with E-state index in [9.17, 15) is 33.9 Å². The fraction of sp³-hybridized carbons (Fsp3) is 0.571. The summed E-state index contributed by atoms with van der Waals surface area (Å²) in [6, 6.07) is -5.30. The molecule has 36 heavy (non-hydrogen) atoms. The van der Waals surface area contributed by atoms with Crippen LogP contribution in [0.5, 0.6) is 0 Å². The third kappa shape index (κ3) is 10.1. The number of imidazole rings is 1. The van der Waals surface area contributed by atoms with Crippen LogP contribution in [0.4, 0.5) is 0 Å². The minimum Gasteiger partial charge on any atom is -0.481 e. The predicted octanol–water partition coefficient (Wildman–Crippen LogP) is -2.40. The van der Waals surface area contributed by atoms with Crippen molar-refractivity contribution in [2.75, 3.05) is 0 Å². The topological polar surface area (TPSA) is 260 Å². The van der Waals surface area contributed by atoms with Gasteiger partial charge in [0.25, 0.3) is 0 Å². The highest BCUT2D eigenvalue weighted by Gasteiger charge is 2.33. The van der Waals surface area contributed by atoms with Crippen molar-refractivity contribution in [3.05, 3.63) is 18.2 Å². The minimum atomic E-state index is -1.58. The van der Waals surface area contributed by atoms with E-state index in [1.54, 1.807) is 13.8 Å². The van der Waals surface area contributed by atoms with Crippen molar-refractivity contribution in [1.82, 2.24) is 25.9 Å². The van der Waals surface area contributed by atoms with Gasteiger partial charge in [-0.15, -0.1) is 0 Å². The van der Waals surface area contributed by atoms with Crippen molar-refractivity contribution in [2.24, 2.45) is 17.4 Å². The molecule has 0 bridgehead atoms. The zero-order valence-electron chi connectivity index (χ0n) is 20.0. The van der Waals surface area contributed by atoms with Crippen LogP contribution in [0, 0.1) is 5.92 Å². The molecule has 10 N–H and O–H groups in total. The number of carboxylic acids is 2. The van der Waals surface area contributed by atoms with Crippen LogP contribution in [0.2, 0.25) is 0 Å². The molecule has 1 heterocycles. The minimum absolute atomic E-state index is 0.125. The Morgan fingerprint density at radius 2 is 1.67 bits per heavy atom. The monoisotopic (exact) mass is 511 g/mol. The maximum atomic E-state index is 13.0. The first kappa shape index (κ1) is 30.0. The highest BCUT2D eigenvalue weighted by atomic mass is 16.4. The number of amides is 4. The number of nitrogens with zero attached hydrogens (tertiary/aromatic N) is 1. The number of hydrogen-bond donors (Lipinski definition) is 8. The van der Waals surface area contributed by atoms with Gasteiger partial charge in [0.15, 0.2) is 0 Å². The molecule has 15 heteroatoms. The van der Waals surface area contributed by atoms with E-state index in [-0.39, 0.29) is 6.42 Å². The molecule has 1 rings (SSSR count). The fourth-order valence-corrected chi connectivity index (χ4v) is 3.16. The largest absolute Gasteiger partial charge is 0.481 e. The lowest BCUT2D eigenvalue weighted by molar-refractivity contribution is -0.143. The van der Waals surface area contributed by atoms with Gasteiger partial charge in [-0.05, 0) is 12.3 Å². The van der Waals surface area contributed by atoms with Gasteiger partial charge in [0.1, 0.15) is 18.1 Å². The van der Waals surface area contributed by atoms with Gasteiger partial charge in [-0.1, -0.05) is 20.3 Å². The molecule has 0 aliphatic heterocycles. The zero-order chi connectivity index (χ0) is 27.4. The number of H-pyrrole nitrogens is 1. The second-order valence-electron chi connectivity index (χ2n) is 8.32. The first-order chi connectivity index (χ1) is 16.8. The number of nitrogens with two attached hydrogens (primary N) is 2. The number of hydrogen-bond acceptors (Lipinski definition) is 8. The van der Waals surface area contributed by atoms with Crippen LogP contribution in [-0.4, -0.2) is 79.9 Å². The van der Waals surface area contributed by atoms with Crippen molar-refractivity contribution in [3.8, 4) is 0 Å². The number of carbonyl (C=O) groups excluding carboxylic acids is 4. The molecule has 15 nitrogen and oxygen atoms in total. The van der Waals surface area contributed by atoms with E-state index in [1.807, 2.05) is 0 Å². The molecule has 5 atom stereocenters. The SMILES string of the molecule is CCC(C)C(NC(=O)C(N)Cc1cnc[nH]1)C(=O)NC(CC(N)=O)C(=O)NC(CCC(=O)O)C(=O)O. The number of rotatable bonds is 16. The molecule has 0 radical (unpaired) electrons. The molecule has 0 aliphatic rings. The van der Waals surface area contributed by atoms with Crippen molar-refractivity contribution in [3.63, 3.8) is 0 Å².